The van der Waals surface area contributed by atoms with Crippen molar-refractivity contribution >= 4 is 11.8 Å². The Morgan fingerprint density at radius 2 is 1.67 bits per heavy atom. The molecule has 2 bridgehead atoms. The molecule has 4 saturated carbocycles. The third-order valence-corrected chi connectivity index (χ3v) is 13.1. The maximum absolute atomic E-state index is 14.4. The summed E-state index contributed by atoms with van der Waals surface area (Å²) in [5.41, 5.74) is 0.321. The molecule has 0 radical (unpaired) electrons. The van der Waals surface area contributed by atoms with Crippen LogP contribution in [-0.4, -0.2) is 16.9 Å². The average molecular weight is 455 g/mol. The van der Waals surface area contributed by atoms with Crippen LogP contribution in [0.2, 0.25) is 0 Å². The third kappa shape index (κ3) is 2.39. The van der Waals surface area contributed by atoms with Gasteiger partial charge in [-0.05, 0) is 90.3 Å². The van der Waals surface area contributed by atoms with Crippen LogP contribution in [0.3, 0.4) is 0 Å². The summed E-state index contributed by atoms with van der Waals surface area (Å²) in [6.45, 7) is 18.8. The second-order valence-corrected chi connectivity index (χ2v) is 14.6. The fourth-order valence-electron chi connectivity index (χ4n) is 11.6. The molecule has 8 unspecified atom stereocenters. The monoisotopic (exact) mass is 454 g/mol. The molecule has 0 aliphatic heterocycles. The zero-order valence-electron chi connectivity index (χ0n) is 22.3. The molecule has 3 nitrogen and oxygen atoms in total. The minimum absolute atomic E-state index is 0.0257. The molecule has 8 atom stereocenters. The second kappa shape index (κ2) is 6.55. The number of fused-ring (bicyclic) bond motifs is 5. The van der Waals surface area contributed by atoms with Gasteiger partial charge in [-0.25, -0.2) is 0 Å². The van der Waals surface area contributed by atoms with E-state index in [0.717, 1.165) is 31.6 Å². The molecule has 0 heterocycles. The molecule has 0 aromatic rings. The van der Waals surface area contributed by atoms with Crippen LogP contribution >= 0.6 is 0 Å². The van der Waals surface area contributed by atoms with Gasteiger partial charge >= 0.3 is 5.97 Å². The van der Waals surface area contributed by atoms with Crippen molar-refractivity contribution in [3.05, 3.63) is 11.6 Å². The van der Waals surface area contributed by atoms with Crippen molar-refractivity contribution in [3.63, 3.8) is 0 Å². The standard InChI is InChI=1S/C30H46O3/c1-18(2)19-9-10-21-26(19,5)13-14-28(7)22-12-11-20-25(3,4)24(33)30(22,16-15-27(21,28)6)29(20,8)17-23(31)32/h12,18-21H,9-11,13-17H2,1-8H3,(H,31,32). The van der Waals surface area contributed by atoms with Gasteiger partial charge in [-0.3, -0.25) is 9.59 Å². The number of carboxylic acids is 1. The first-order valence-corrected chi connectivity index (χ1v) is 13.6. The summed E-state index contributed by atoms with van der Waals surface area (Å²) >= 11 is 0. The van der Waals surface area contributed by atoms with E-state index in [1.165, 1.54) is 24.8 Å². The molecule has 5 aliphatic carbocycles. The van der Waals surface area contributed by atoms with Gasteiger partial charge in [0.2, 0.25) is 0 Å². The lowest BCUT2D eigenvalue weighted by atomic mass is 9.34. The molecule has 3 heteroatoms. The highest BCUT2D eigenvalue weighted by Gasteiger charge is 2.78. The number of carbonyl (C=O) groups excluding carboxylic acids is 1. The number of Topliss-reactive ketones (excluding diaryl/α,β-unsaturated/α-hetero) is 1. The summed E-state index contributed by atoms with van der Waals surface area (Å²) in [6, 6.07) is 0. The first kappa shape index (κ1) is 23.6. The maximum atomic E-state index is 14.4. The van der Waals surface area contributed by atoms with Gasteiger partial charge in [0.05, 0.1) is 11.8 Å². The molecule has 0 saturated heterocycles. The van der Waals surface area contributed by atoms with Crippen molar-refractivity contribution in [1.29, 1.82) is 0 Å². The number of hydrogen-bond donors (Lipinski definition) is 1. The zero-order chi connectivity index (χ0) is 24.4. The van der Waals surface area contributed by atoms with Gasteiger partial charge in [0.15, 0.2) is 0 Å². The molecule has 5 aliphatic rings. The van der Waals surface area contributed by atoms with Gasteiger partial charge in [-0.15, -0.1) is 0 Å². The van der Waals surface area contributed by atoms with E-state index in [1.54, 1.807) is 0 Å². The smallest absolute Gasteiger partial charge is 0.303 e. The molecule has 1 spiro atoms. The minimum atomic E-state index is -0.751. The van der Waals surface area contributed by atoms with Crippen LogP contribution in [-0.2, 0) is 9.59 Å². The average Bonchev–Trinajstić information content (AvgIpc) is 3.07. The molecular weight excluding hydrogens is 408 g/mol. The summed E-state index contributed by atoms with van der Waals surface area (Å²) in [6.07, 6.45) is 10.3. The van der Waals surface area contributed by atoms with Crippen molar-refractivity contribution in [1.82, 2.24) is 0 Å². The lowest BCUT2D eigenvalue weighted by Crippen LogP contribution is -2.63. The van der Waals surface area contributed by atoms with Crippen LogP contribution in [0.1, 0.15) is 107 Å². The maximum Gasteiger partial charge on any atom is 0.303 e. The largest absolute Gasteiger partial charge is 0.481 e. The molecule has 184 valence electrons. The van der Waals surface area contributed by atoms with Crippen LogP contribution in [0.15, 0.2) is 11.6 Å². The predicted molar refractivity (Wildman–Crippen MR) is 132 cm³/mol. The van der Waals surface area contributed by atoms with E-state index < -0.39 is 22.2 Å². The van der Waals surface area contributed by atoms with Crippen molar-refractivity contribution < 1.29 is 14.7 Å². The highest BCUT2D eigenvalue weighted by Crippen LogP contribution is 2.81. The number of allylic oxidation sites excluding steroid dienone is 2. The van der Waals surface area contributed by atoms with Crippen LogP contribution in [0.4, 0.5) is 0 Å². The van der Waals surface area contributed by atoms with Gasteiger partial charge in [-0.2, -0.15) is 0 Å². The van der Waals surface area contributed by atoms with Crippen LogP contribution in [0, 0.1) is 56.2 Å². The Balaban J connectivity index is 1.66. The molecule has 0 aromatic carbocycles. The minimum Gasteiger partial charge on any atom is -0.481 e. The Morgan fingerprint density at radius 3 is 2.27 bits per heavy atom. The highest BCUT2D eigenvalue weighted by atomic mass is 16.4. The van der Waals surface area contributed by atoms with E-state index in [-0.39, 0.29) is 23.2 Å². The van der Waals surface area contributed by atoms with E-state index in [9.17, 15) is 14.7 Å². The topological polar surface area (TPSA) is 54.4 Å². The van der Waals surface area contributed by atoms with Crippen molar-refractivity contribution in [2.24, 2.45) is 56.2 Å². The number of carbonyl (C=O) groups is 2. The normalized spacial score (nSPS) is 52.2. The summed E-state index contributed by atoms with van der Waals surface area (Å²) < 4.78 is 0. The molecule has 4 fully saturated rings. The summed E-state index contributed by atoms with van der Waals surface area (Å²) in [5.74, 6) is 1.88. The number of rotatable bonds is 3. The summed E-state index contributed by atoms with van der Waals surface area (Å²) in [7, 11) is 0. The fourth-order valence-corrected chi connectivity index (χ4v) is 11.6. The van der Waals surface area contributed by atoms with E-state index in [2.05, 4.69) is 61.5 Å². The van der Waals surface area contributed by atoms with Crippen molar-refractivity contribution in [2.75, 3.05) is 0 Å². The first-order valence-electron chi connectivity index (χ1n) is 13.6. The molecule has 0 aromatic heterocycles. The Morgan fingerprint density at radius 1 is 1.00 bits per heavy atom. The van der Waals surface area contributed by atoms with Gasteiger partial charge in [0, 0.05) is 5.41 Å². The van der Waals surface area contributed by atoms with Gasteiger partial charge in [-0.1, -0.05) is 67.0 Å². The van der Waals surface area contributed by atoms with E-state index in [0.29, 0.717) is 23.0 Å². The number of hydrogen-bond acceptors (Lipinski definition) is 2. The van der Waals surface area contributed by atoms with Crippen LogP contribution in [0.25, 0.3) is 0 Å². The summed E-state index contributed by atoms with van der Waals surface area (Å²) in [5, 5.41) is 9.99. The van der Waals surface area contributed by atoms with Gasteiger partial charge in [0.1, 0.15) is 5.78 Å². The SMILES string of the molecule is CC(C)C1CCC2C1(C)CCC1(C)C3=CCC4C(C)(C)C(=O)C3(CCC21C)C4(C)CC(=O)O. The second-order valence-electron chi connectivity index (χ2n) is 14.6. The van der Waals surface area contributed by atoms with Gasteiger partial charge < -0.3 is 5.11 Å². The highest BCUT2D eigenvalue weighted by molar-refractivity contribution is 5.98. The van der Waals surface area contributed by atoms with Crippen molar-refractivity contribution in [2.45, 2.75) is 107 Å². The molecule has 1 N–H and O–H groups in total. The summed E-state index contributed by atoms with van der Waals surface area (Å²) in [4.78, 5) is 26.5. The van der Waals surface area contributed by atoms with E-state index in [1.807, 2.05) is 0 Å². The lowest BCUT2D eigenvalue weighted by molar-refractivity contribution is -0.162. The predicted octanol–water partition coefficient (Wildman–Crippen LogP) is 7.30. The Hall–Kier alpha value is -1.12. The number of aliphatic carboxylic acids is 1. The molecule has 0 amide bonds. The quantitative estimate of drug-likeness (QED) is 0.455. The third-order valence-electron chi connectivity index (χ3n) is 13.1. The van der Waals surface area contributed by atoms with Crippen LogP contribution in [0.5, 0.6) is 0 Å². The molecular formula is C30H46O3. The lowest BCUT2D eigenvalue weighted by Gasteiger charge is -2.69. The van der Waals surface area contributed by atoms with Crippen LogP contribution < -0.4 is 0 Å². The first-order chi connectivity index (χ1) is 15.1. The molecule has 33 heavy (non-hydrogen) atoms. The Bertz CT molecular complexity index is 944. The zero-order valence-corrected chi connectivity index (χ0v) is 22.3. The van der Waals surface area contributed by atoms with Crippen molar-refractivity contribution in [3.8, 4) is 0 Å². The Labute approximate surface area is 201 Å². The number of ketones is 1. The Kier molecular flexibility index (Phi) is 4.69. The van der Waals surface area contributed by atoms with E-state index in [4.69, 9.17) is 0 Å². The fraction of sp³-hybridized carbons (Fsp3) is 0.867. The molecule has 5 rings (SSSR count). The number of carboxylic acid groups (broad SMARTS) is 1. The van der Waals surface area contributed by atoms with E-state index >= 15 is 0 Å². The van der Waals surface area contributed by atoms with Gasteiger partial charge in [0.25, 0.3) is 0 Å².